The van der Waals surface area contributed by atoms with Crippen molar-refractivity contribution in [3.63, 3.8) is 0 Å². The van der Waals surface area contributed by atoms with E-state index in [9.17, 15) is 4.79 Å². The third kappa shape index (κ3) is 3.95. The van der Waals surface area contributed by atoms with Gasteiger partial charge in [0.25, 0.3) is 0 Å². The van der Waals surface area contributed by atoms with E-state index in [0.717, 1.165) is 36.8 Å². The van der Waals surface area contributed by atoms with Crippen molar-refractivity contribution >= 4 is 5.91 Å². The first-order valence-corrected chi connectivity index (χ1v) is 9.76. The van der Waals surface area contributed by atoms with E-state index in [-0.39, 0.29) is 24.0 Å². The first-order valence-electron chi connectivity index (χ1n) is 9.76. The summed E-state index contributed by atoms with van der Waals surface area (Å²) in [5, 5.41) is 20.4. The van der Waals surface area contributed by atoms with Crippen LogP contribution >= 0.6 is 0 Å². The summed E-state index contributed by atoms with van der Waals surface area (Å²) in [7, 11) is 0. The zero-order valence-corrected chi connectivity index (χ0v) is 16.2. The molecule has 0 spiro atoms. The molecule has 0 aliphatic heterocycles. The van der Waals surface area contributed by atoms with Gasteiger partial charge in [-0.2, -0.15) is 9.90 Å². The summed E-state index contributed by atoms with van der Waals surface area (Å²) in [6.45, 7) is 3.84. The van der Waals surface area contributed by atoms with Crippen LogP contribution in [0.2, 0.25) is 0 Å². The maximum atomic E-state index is 12.5. The number of benzene rings is 1. The Kier molecular flexibility index (Phi) is 5.18. The lowest BCUT2D eigenvalue weighted by Gasteiger charge is -2.29. The fourth-order valence-corrected chi connectivity index (χ4v) is 3.62. The smallest absolute Gasteiger partial charge is 0.244 e. The molecule has 1 fully saturated rings. The van der Waals surface area contributed by atoms with Crippen molar-refractivity contribution in [2.75, 3.05) is 0 Å². The number of hydrogen-bond donors (Lipinski definition) is 1. The standard InChI is InChI=1S/C20H25N7O/c1-14-12-21-26(13-14)15(2)20(28)22-17-8-10-18(11-9-17)27-24-19(23-25-27)16-6-4-3-5-7-16/h3-7,12-13,15,17-18H,8-11H2,1-2H3,(H,22,28). The SMILES string of the molecule is Cc1cnn(C(C)C(=O)NC2CCC(n3nnc(-c4ccccc4)n3)CC2)c1. The van der Waals surface area contributed by atoms with Gasteiger partial charge in [-0.1, -0.05) is 30.3 Å². The topological polar surface area (TPSA) is 90.5 Å². The van der Waals surface area contributed by atoms with Crippen molar-refractivity contribution < 1.29 is 4.79 Å². The van der Waals surface area contributed by atoms with Crippen LogP contribution in [0.15, 0.2) is 42.7 Å². The molecule has 2 heterocycles. The van der Waals surface area contributed by atoms with E-state index in [0.29, 0.717) is 5.82 Å². The quantitative estimate of drug-likeness (QED) is 0.736. The van der Waals surface area contributed by atoms with Crippen LogP contribution in [0.1, 0.15) is 50.3 Å². The highest BCUT2D eigenvalue weighted by molar-refractivity contribution is 5.80. The van der Waals surface area contributed by atoms with Crippen LogP contribution in [0.5, 0.6) is 0 Å². The molecular formula is C20H25N7O. The number of carbonyl (C=O) groups is 1. The molecular weight excluding hydrogens is 354 g/mol. The zero-order chi connectivity index (χ0) is 19.5. The van der Waals surface area contributed by atoms with Gasteiger partial charge in [-0.25, -0.2) is 0 Å². The van der Waals surface area contributed by atoms with Gasteiger partial charge in [0.15, 0.2) is 0 Å². The molecule has 1 aromatic carbocycles. The largest absolute Gasteiger partial charge is 0.352 e. The molecule has 4 rings (SSSR count). The van der Waals surface area contributed by atoms with Crippen molar-refractivity contribution in [1.82, 2.24) is 35.3 Å². The number of amides is 1. The molecule has 1 saturated carbocycles. The number of hydrogen-bond acceptors (Lipinski definition) is 5. The lowest BCUT2D eigenvalue weighted by molar-refractivity contribution is -0.125. The monoisotopic (exact) mass is 379 g/mol. The molecule has 1 aliphatic carbocycles. The van der Waals surface area contributed by atoms with Crippen LogP contribution in [-0.4, -0.2) is 41.9 Å². The van der Waals surface area contributed by atoms with E-state index in [1.165, 1.54) is 0 Å². The normalized spacial score (nSPS) is 20.6. The molecule has 1 N–H and O–H groups in total. The Morgan fingerprint density at radius 1 is 1.18 bits per heavy atom. The van der Waals surface area contributed by atoms with Gasteiger partial charge < -0.3 is 5.32 Å². The van der Waals surface area contributed by atoms with Crippen molar-refractivity contribution in [3.05, 3.63) is 48.3 Å². The van der Waals surface area contributed by atoms with Crippen LogP contribution in [0.4, 0.5) is 0 Å². The Morgan fingerprint density at radius 3 is 2.61 bits per heavy atom. The fourth-order valence-electron chi connectivity index (χ4n) is 3.62. The molecule has 3 aromatic rings. The van der Waals surface area contributed by atoms with E-state index >= 15 is 0 Å². The molecule has 0 bridgehead atoms. The second kappa shape index (κ2) is 7.92. The molecule has 0 saturated heterocycles. The lowest BCUT2D eigenvalue weighted by atomic mass is 9.91. The Morgan fingerprint density at radius 2 is 1.93 bits per heavy atom. The Hall–Kier alpha value is -3.03. The maximum Gasteiger partial charge on any atom is 0.244 e. The van der Waals surface area contributed by atoms with Gasteiger partial charge in [0.2, 0.25) is 11.7 Å². The Labute approximate surface area is 163 Å². The predicted molar refractivity (Wildman–Crippen MR) is 104 cm³/mol. The van der Waals surface area contributed by atoms with Crippen LogP contribution < -0.4 is 5.32 Å². The number of nitrogens with zero attached hydrogens (tertiary/aromatic N) is 6. The first kappa shape index (κ1) is 18.3. The van der Waals surface area contributed by atoms with Gasteiger partial charge >= 0.3 is 0 Å². The summed E-state index contributed by atoms with van der Waals surface area (Å²) >= 11 is 0. The molecule has 146 valence electrons. The average Bonchev–Trinajstić information content (AvgIpc) is 3.38. The van der Waals surface area contributed by atoms with Gasteiger partial charge in [-0.3, -0.25) is 9.48 Å². The minimum absolute atomic E-state index is 0.0109. The number of rotatable bonds is 5. The molecule has 1 amide bonds. The lowest BCUT2D eigenvalue weighted by Crippen LogP contribution is -2.41. The van der Waals surface area contributed by atoms with Crippen LogP contribution in [0.25, 0.3) is 11.4 Å². The summed E-state index contributed by atoms with van der Waals surface area (Å²) < 4.78 is 1.71. The highest BCUT2D eigenvalue weighted by Gasteiger charge is 2.27. The third-order valence-electron chi connectivity index (χ3n) is 5.34. The van der Waals surface area contributed by atoms with Gasteiger partial charge in [0.05, 0.1) is 12.2 Å². The van der Waals surface area contributed by atoms with E-state index in [4.69, 9.17) is 0 Å². The van der Waals surface area contributed by atoms with Crippen molar-refractivity contribution in [3.8, 4) is 11.4 Å². The summed E-state index contributed by atoms with van der Waals surface area (Å²) in [5.74, 6) is 0.663. The van der Waals surface area contributed by atoms with E-state index in [1.807, 2.05) is 50.4 Å². The van der Waals surface area contributed by atoms with Crippen molar-refractivity contribution in [2.24, 2.45) is 0 Å². The van der Waals surface area contributed by atoms with Crippen LogP contribution in [0, 0.1) is 6.92 Å². The summed E-state index contributed by atoms with van der Waals surface area (Å²) in [6, 6.07) is 9.97. The van der Waals surface area contributed by atoms with E-state index in [1.54, 1.807) is 15.7 Å². The molecule has 2 aromatic heterocycles. The van der Waals surface area contributed by atoms with Crippen LogP contribution in [-0.2, 0) is 4.79 Å². The molecule has 1 aliphatic rings. The zero-order valence-electron chi connectivity index (χ0n) is 16.2. The van der Waals surface area contributed by atoms with Gasteiger partial charge in [0.1, 0.15) is 6.04 Å². The highest BCUT2D eigenvalue weighted by atomic mass is 16.2. The predicted octanol–water partition coefficient (Wildman–Crippen LogP) is 2.71. The summed E-state index contributed by atoms with van der Waals surface area (Å²) in [6.07, 6.45) is 7.31. The number of carbonyl (C=O) groups excluding carboxylic acids is 1. The molecule has 8 nitrogen and oxygen atoms in total. The summed E-state index contributed by atoms with van der Waals surface area (Å²) in [5.41, 5.74) is 2.02. The number of nitrogens with one attached hydrogen (secondary N) is 1. The van der Waals surface area contributed by atoms with Gasteiger partial charge in [-0.05, 0) is 50.3 Å². The Balaban J connectivity index is 1.31. The second-order valence-corrected chi connectivity index (χ2v) is 7.49. The number of aryl methyl sites for hydroxylation is 1. The van der Waals surface area contributed by atoms with Gasteiger partial charge in [0, 0.05) is 17.8 Å². The van der Waals surface area contributed by atoms with Crippen molar-refractivity contribution in [2.45, 2.75) is 57.7 Å². The van der Waals surface area contributed by atoms with E-state index in [2.05, 4.69) is 25.8 Å². The minimum atomic E-state index is -0.308. The first-order chi connectivity index (χ1) is 13.6. The number of tetrazole rings is 1. The average molecular weight is 379 g/mol. The third-order valence-corrected chi connectivity index (χ3v) is 5.34. The molecule has 1 unspecified atom stereocenters. The highest BCUT2D eigenvalue weighted by Crippen LogP contribution is 2.28. The fraction of sp³-hybridized carbons (Fsp3) is 0.450. The number of aromatic nitrogens is 6. The molecule has 1 atom stereocenters. The summed E-state index contributed by atoms with van der Waals surface area (Å²) in [4.78, 5) is 14.3. The second-order valence-electron chi connectivity index (χ2n) is 7.49. The van der Waals surface area contributed by atoms with Gasteiger partial charge in [-0.15, -0.1) is 10.2 Å². The molecule has 28 heavy (non-hydrogen) atoms. The molecule has 8 heteroatoms. The van der Waals surface area contributed by atoms with E-state index < -0.39 is 0 Å². The molecule has 0 radical (unpaired) electrons. The maximum absolute atomic E-state index is 12.5. The van der Waals surface area contributed by atoms with Crippen LogP contribution in [0.3, 0.4) is 0 Å². The van der Waals surface area contributed by atoms with Crippen molar-refractivity contribution in [1.29, 1.82) is 0 Å². The Bertz CT molecular complexity index is 925. The minimum Gasteiger partial charge on any atom is -0.352 e.